The van der Waals surface area contributed by atoms with Crippen molar-refractivity contribution in [1.29, 1.82) is 0 Å². The monoisotopic (exact) mass is 470 g/mol. The number of carbonyl (C=O) groups excluding carboxylic acids is 2. The van der Waals surface area contributed by atoms with Crippen molar-refractivity contribution in [1.82, 2.24) is 10.6 Å². The highest BCUT2D eigenvalue weighted by Gasteiger charge is 2.34. The molecular formula is C22H34N2O7S. The third-order valence-electron chi connectivity index (χ3n) is 4.87. The Morgan fingerprint density at radius 1 is 1.00 bits per heavy atom. The van der Waals surface area contributed by atoms with E-state index in [2.05, 4.69) is 10.6 Å². The second kappa shape index (κ2) is 9.27. The third kappa shape index (κ3) is 7.09. The van der Waals surface area contributed by atoms with Gasteiger partial charge in [-0.2, -0.15) is 8.42 Å². The lowest BCUT2D eigenvalue weighted by molar-refractivity contribution is 0.0423. The molecule has 1 saturated carbocycles. The Balaban J connectivity index is 2.58. The maximum atomic E-state index is 12.6. The van der Waals surface area contributed by atoms with Crippen LogP contribution < -0.4 is 10.6 Å². The second-order valence-electron chi connectivity index (χ2n) is 10.0. The molecule has 3 N–H and O–H groups in total. The molecule has 1 aliphatic rings. The summed E-state index contributed by atoms with van der Waals surface area (Å²) in [5.41, 5.74) is -0.167. The van der Waals surface area contributed by atoms with Crippen LogP contribution in [0.25, 0.3) is 0 Å². The van der Waals surface area contributed by atoms with Gasteiger partial charge in [-0.05, 0) is 84.4 Å². The number of amides is 2. The summed E-state index contributed by atoms with van der Waals surface area (Å²) < 4.78 is 44.8. The number of nitrogens with one attached hydrogen (secondary N) is 2. The molecule has 1 fully saturated rings. The van der Waals surface area contributed by atoms with E-state index in [1.807, 2.05) is 0 Å². The average Bonchev–Trinajstić information content (AvgIpc) is 2.47. The van der Waals surface area contributed by atoms with Gasteiger partial charge < -0.3 is 9.47 Å². The maximum Gasteiger partial charge on any atom is 0.409 e. The molecule has 32 heavy (non-hydrogen) atoms. The molecule has 9 nitrogen and oxygen atoms in total. The zero-order valence-electron chi connectivity index (χ0n) is 19.7. The largest absolute Gasteiger partial charge is 0.444 e. The first kappa shape index (κ1) is 25.9. The van der Waals surface area contributed by atoms with Crippen LogP contribution in [0.4, 0.5) is 9.59 Å². The van der Waals surface area contributed by atoms with E-state index in [1.165, 1.54) is 12.1 Å². The standard InChI is InChI=1S/C22H34N2O7S/c1-13-11-12-15(32(27,28)29)17(14-9-8-10-14)16(13)18(23-19(25)30-21(2,3)4)24-20(26)31-22(5,6)7/h11-12,14,18H,8-10H2,1-7H3,(H,23,25)(H,24,26)(H,27,28,29). The summed E-state index contributed by atoms with van der Waals surface area (Å²) in [5.74, 6) is -0.134. The van der Waals surface area contributed by atoms with Crippen LogP contribution in [0.3, 0.4) is 0 Å². The van der Waals surface area contributed by atoms with Gasteiger partial charge in [0.1, 0.15) is 17.4 Å². The van der Waals surface area contributed by atoms with Crippen molar-refractivity contribution in [2.45, 2.75) is 95.9 Å². The smallest absolute Gasteiger partial charge is 0.409 e. The number of hydrogen-bond donors (Lipinski definition) is 3. The van der Waals surface area contributed by atoms with Gasteiger partial charge in [-0.25, -0.2) is 9.59 Å². The topological polar surface area (TPSA) is 131 Å². The highest BCUT2D eigenvalue weighted by Crippen LogP contribution is 2.43. The fraction of sp³-hybridized carbons (Fsp3) is 0.636. The summed E-state index contributed by atoms with van der Waals surface area (Å²) >= 11 is 0. The van der Waals surface area contributed by atoms with E-state index in [1.54, 1.807) is 48.5 Å². The van der Waals surface area contributed by atoms with E-state index >= 15 is 0 Å². The van der Waals surface area contributed by atoms with Gasteiger partial charge in [0, 0.05) is 5.56 Å². The van der Waals surface area contributed by atoms with Crippen LogP contribution in [-0.2, 0) is 19.6 Å². The zero-order chi connectivity index (χ0) is 24.5. The predicted molar refractivity (Wildman–Crippen MR) is 119 cm³/mol. The van der Waals surface area contributed by atoms with Crippen molar-refractivity contribution in [3.8, 4) is 0 Å². The fourth-order valence-electron chi connectivity index (χ4n) is 3.48. The van der Waals surface area contributed by atoms with E-state index in [9.17, 15) is 22.6 Å². The number of benzene rings is 1. The van der Waals surface area contributed by atoms with Crippen molar-refractivity contribution in [3.05, 3.63) is 28.8 Å². The quantitative estimate of drug-likeness (QED) is 0.425. The lowest BCUT2D eigenvalue weighted by Crippen LogP contribution is -2.45. The Labute approximate surface area is 190 Å². The van der Waals surface area contributed by atoms with Crippen molar-refractivity contribution >= 4 is 22.3 Å². The summed E-state index contributed by atoms with van der Waals surface area (Å²) in [5, 5.41) is 5.24. The molecular weight excluding hydrogens is 436 g/mol. The summed E-state index contributed by atoms with van der Waals surface area (Å²) in [4.78, 5) is 24.9. The van der Waals surface area contributed by atoms with Crippen LogP contribution in [0.5, 0.6) is 0 Å². The Morgan fingerprint density at radius 2 is 1.47 bits per heavy atom. The minimum Gasteiger partial charge on any atom is -0.444 e. The maximum absolute atomic E-state index is 12.6. The van der Waals surface area contributed by atoms with Crippen LogP contribution in [0.1, 0.15) is 89.6 Å². The van der Waals surface area contributed by atoms with Gasteiger partial charge in [0.05, 0.1) is 4.90 Å². The molecule has 0 unspecified atom stereocenters. The summed E-state index contributed by atoms with van der Waals surface area (Å²) in [6.07, 6.45) is -0.372. The highest BCUT2D eigenvalue weighted by molar-refractivity contribution is 7.85. The number of carbonyl (C=O) groups is 2. The molecule has 0 heterocycles. The van der Waals surface area contributed by atoms with Crippen LogP contribution in [0, 0.1) is 6.92 Å². The Hall–Kier alpha value is -2.33. The summed E-state index contributed by atoms with van der Waals surface area (Å²) in [6, 6.07) is 2.88. The number of hydrogen-bond acceptors (Lipinski definition) is 6. The van der Waals surface area contributed by atoms with E-state index in [0.29, 0.717) is 16.7 Å². The molecule has 0 saturated heterocycles. The number of rotatable bonds is 5. The number of aryl methyl sites for hydroxylation is 1. The Kier molecular flexibility index (Phi) is 7.51. The molecule has 1 aliphatic carbocycles. The number of ether oxygens (including phenoxy) is 2. The zero-order valence-corrected chi connectivity index (χ0v) is 20.6. The molecule has 10 heteroatoms. The molecule has 0 spiro atoms. The van der Waals surface area contributed by atoms with E-state index in [4.69, 9.17) is 9.47 Å². The van der Waals surface area contributed by atoms with E-state index in [-0.39, 0.29) is 10.8 Å². The molecule has 2 amide bonds. The molecule has 2 rings (SSSR count). The lowest BCUT2D eigenvalue weighted by atomic mass is 9.76. The average molecular weight is 471 g/mol. The first-order chi connectivity index (χ1) is 14.5. The lowest BCUT2D eigenvalue weighted by Gasteiger charge is -2.34. The minimum absolute atomic E-state index is 0.134. The van der Waals surface area contributed by atoms with Gasteiger partial charge >= 0.3 is 12.2 Å². The second-order valence-corrected chi connectivity index (χ2v) is 11.4. The van der Waals surface area contributed by atoms with Gasteiger partial charge in [0.2, 0.25) is 0 Å². The molecule has 1 aromatic carbocycles. The van der Waals surface area contributed by atoms with Crippen LogP contribution in [-0.4, -0.2) is 36.4 Å². The van der Waals surface area contributed by atoms with Gasteiger partial charge in [-0.1, -0.05) is 12.5 Å². The van der Waals surface area contributed by atoms with Crippen molar-refractivity contribution in [3.63, 3.8) is 0 Å². The SMILES string of the molecule is Cc1ccc(S(=O)(=O)O)c(C2CCC2)c1C(NC(=O)OC(C)(C)C)NC(=O)OC(C)(C)C. The van der Waals surface area contributed by atoms with Gasteiger partial charge in [0.25, 0.3) is 10.1 Å². The first-order valence-electron chi connectivity index (χ1n) is 10.6. The van der Waals surface area contributed by atoms with Gasteiger partial charge in [-0.3, -0.25) is 15.2 Å². The van der Waals surface area contributed by atoms with Gasteiger partial charge in [-0.15, -0.1) is 0 Å². The van der Waals surface area contributed by atoms with Crippen molar-refractivity contribution < 1.29 is 32.0 Å². The molecule has 180 valence electrons. The van der Waals surface area contributed by atoms with Gasteiger partial charge in [0.15, 0.2) is 0 Å². The molecule has 0 radical (unpaired) electrons. The Bertz CT molecular complexity index is 941. The normalized spacial score (nSPS) is 15.2. The van der Waals surface area contributed by atoms with Crippen LogP contribution >= 0.6 is 0 Å². The Morgan fingerprint density at radius 3 is 1.81 bits per heavy atom. The molecule has 0 atom stereocenters. The molecule has 0 bridgehead atoms. The first-order valence-corrected chi connectivity index (χ1v) is 12.0. The summed E-state index contributed by atoms with van der Waals surface area (Å²) in [6.45, 7) is 11.9. The van der Waals surface area contributed by atoms with Crippen molar-refractivity contribution in [2.24, 2.45) is 0 Å². The van der Waals surface area contributed by atoms with Crippen LogP contribution in [0.2, 0.25) is 0 Å². The molecule has 0 aliphatic heterocycles. The fourth-order valence-corrected chi connectivity index (χ4v) is 4.28. The van der Waals surface area contributed by atoms with Crippen LogP contribution in [0.15, 0.2) is 17.0 Å². The van der Waals surface area contributed by atoms with E-state index in [0.717, 1.165) is 19.3 Å². The third-order valence-corrected chi connectivity index (χ3v) is 5.78. The summed E-state index contributed by atoms with van der Waals surface area (Å²) in [7, 11) is -4.53. The van der Waals surface area contributed by atoms with Crippen molar-refractivity contribution in [2.75, 3.05) is 0 Å². The molecule has 0 aromatic heterocycles. The van der Waals surface area contributed by atoms with E-state index < -0.39 is 39.7 Å². The number of alkyl carbamates (subject to hydrolysis) is 2. The minimum atomic E-state index is -4.53. The highest BCUT2D eigenvalue weighted by atomic mass is 32.2. The molecule has 1 aromatic rings. The predicted octanol–water partition coefficient (Wildman–Crippen LogP) is 4.56.